The summed E-state index contributed by atoms with van der Waals surface area (Å²) in [7, 11) is 0. The molecule has 0 bridgehead atoms. The van der Waals surface area contributed by atoms with Crippen LogP contribution >= 0.6 is 11.6 Å². The fourth-order valence-corrected chi connectivity index (χ4v) is 3.64. The Labute approximate surface area is 188 Å². The van der Waals surface area contributed by atoms with E-state index in [0.29, 0.717) is 45.0 Å². The zero-order valence-corrected chi connectivity index (χ0v) is 17.4. The van der Waals surface area contributed by atoms with Crippen LogP contribution in [0.1, 0.15) is 20.7 Å². The van der Waals surface area contributed by atoms with Gasteiger partial charge in [0.15, 0.2) is 11.9 Å². The quantitative estimate of drug-likeness (QED) is 0.355. The van der Waals surface area contributed by atoms with Gasteiger partial charge in [0, 0.05) is 33.9 Å². The lowest BCUT2D eigenvalue weighted by Crippen LogP contribution is -2.15. The lowest BCUT2D eigenvalue weighted by Gasteiger charge is -2.10. The van der Waals surface area contributed by atoms with E-state index < -0.39 is 5.91 Å². The third-order valence-electron chi connectivity index (χ3n) is 5.06. The van der Waals surface area contributed by atoms with Crippen molar-refractivity contribution in [1.82, 2.24) is 19.7 Å². The number of hydrogen-bond donors (Lipinski definition) is 0. The average molecular weight is 439 g/mol. The largest absolute Gasteiger partial charge is 0.298 e. The first-order valence-corrected chi connectivity index (χ1v) is 10.2. The van der Waals surface area contributed by atoms with Crippen LogP contribution in [0.4, 0.5) is 0 Å². The summed E-state index contributed by atoms with van der Waals surface area (Å²) in [6, 6.07) is 21.7. The molecule has 5 aromatic rings. The maximum Gasteiger partial charge on any atom is 0.280 e. The Morgan fingerprint density at radius 2 is 1.66 bits per heavy atom. The Morgan fingerprint density at radius 3 is 2.41 bits per heavy atom. The molecule has 0 amide bonds. The Morgan fingerprint density at radius 1 is 0.906 bits per heavy atom. The maximum atomic E-state index is 13.6. The molecule has 0 N–H and O–H groups in total. The van der Waals surface area contributed by atoms with E-state index in [2.05, 4.69) is 15.1 Å². The van der Waals surface area contributed by atoms with Crippen LogP contribution in [0.2, 0.25) is 5.02 Å². The van der Waals surface area contributed by atoms with E-state index in [1.807, 2.05) is 36.4 Å². The van der Waals surface area contributed by atoms with Crippen molar-refractivity contribution in [3.8, 4) is 22.5 Å². The molecule has 0 spiro atoms. The molecule has 32 heavy (non-hydrogen) atoms. The van der Waals surface area contributed by atoms with Gasteiger partial charge in [-0.05, 0) is 30.3 Å². The zero-order chi connectivity index (χ0) is 22.1. The molecule has 5 rings (SSSR count). The van der Waals surface area contributed by atoms with E-state index in [1.165, 1.54) is 10.9 Å². The van der Waals surface area contributed by atoms with Gasteiger partial charge in [0.2, 0.25) is 0 Å². The number of carbonyl (C=O) groups excluding carboxylic acids is 2. The van der Waals surface area contributed by atoms with Crippen LogP contribution in [0.5, 0.6) is 0 Å². The minimum Gasteiger partial charge on any atom is -0.298 e. The average Bonchev–Trinajstić information content (AvgIpc) is 3.28. The van der Waals surface area contributed by atoms with Crippen molar-refractivity contribution in [3.63, 3.8) is 0 Å². The van der Waals surface area contributed by atoms with Gasteiger partial charge in [-0.2, -0.15) is 5.10 Å². The van der Waals surface area contributed by atoms with Crippen molar-refractivity contribution in [1.29, 1.82) is 0 Å². The minimum absolute atomic E-state index is 0.303. The minimum atomic E-state index is -0.398. The van der Waals surface area contributed by atoms with Crippen LogP contribution in [0.3, 0.4) is 0 Å². The number of aromatic nitrogens is 4. The highest BCUT2D eigenvalue weighted by atomic mass is 35.5. The molecule has 3 heterocycles. The molecule has 7 heteroatoms. The number of carbonyl (C=O) groups is 2. The summed E-state index contributed by atoms with van der Waals surface area (Å²) in [5.41, 5.74) is 3.58. The van der Waals surface area contributed by atoms with Crippen LogP contribution < -0.4 is 0 Å². The molecule has 6 nitrogen and oxygen atoms in total. The molecule has 154 valence electrons. The van der Waals surface area contributed by atoms with E-state index in [9.17, 15) is 9.59 Å². The molecular formula is C25H15ClN4O2. The summed E-state index contributed by atoms with van der Waals surface area (Å²) in [5, 5.41) is 5.72. The number of halogens is 1. The van der Waals surface area contributed by atoms with Gasteiger partial charge in [-0.1, -0.05) is 54.1 Å². The second kappa shape index (κ2) is 8.17. The SMILES string of the molecule is O=Cc1cn(C(=O)c2cc3cccnc3nc2-c2ccccc2)nc1-c1ccc(Cl)cc1. The Kier molecular flexibility index (Phi) is 5.05. The van der Waals surface area contributed by atoms with E-state index >= 15 is 0 Å². The Bertz CT molecular complexity index is 1460. The van der Waals surface area contributed by atoms with Gasteiger partial charge in [0.25, 0.3) is 5.91 Å². The van der Waals surface area contributed by atoms with Crippen molar-refractivity contribution in [2.45, 2.75) is 0 Å². The third-order valence-corrected chi connectivity index (χ3v) is 5.31. The van der Waals surface area contributed by atoms with Crippen molar-refractivity contribution in [3.05, 3.63) is 101 Å². The monoisotopic (exact) mass is 438 g/mol. The number of fused-ring (bicyclic) bond motifs is 1. The molecule has 0 saturated carbocycles. The van der Waals surface area contributed by atoms with Crippen LogP contribution in [0.15, 0.2) is 85.2 Å². The summed E-state index contributed by atoms with van der Waals surface area (Å²) in [5.74, 6) is -0.398. The summed E-state index contributed by atoms with van der Waals surface area (Å²) in [6.07, 6.45) is 3.77. The van der Waals surface area contributed by atoms with E-state index in [4.69, 9.17) is 11.6 Å². The first-order chi connectivity index (χ1) is 15.6. The second-order valence-electron chi connectivity index (χ2n) is 7.11. The van der Waals surface area contributed by atoms with Gasteiger partial charge in [0.1, 0.15) is 5.69 Å². The predicted octanol–water partition coefficient (Wildman–Crippen LogP) is 5.31. The third kappa shape index (κ3) is 3.57. The normalized spacial score (nSPS) is 10.9. The van der Waals surface area contributed by atoms with Gasteiger partial charge in [-0.15, -0.1) is 0 Å². The number of pyridine rings is 2. The fourth-order valence-electron chi connectivity index (χ4n) is 3.52. The van der Waals surface area contributed by atoms with Crippen molar-refractivity contribution in [2.75, 3.05) is 0 Å². The Hall–Kier alpha value is -4.16. The first-order valence-electron chi connectivity index (χ1n) is 9.81. The van der Waals surface area contributed by atoms with Gasteiger partial charge in [0.05, 0.1) is 16.8 Å². The fraction of sp³-hybridized carbons (Fsp3) is 0. The molecule has 0 fully saturated rings. The van der Waals surface area contributed by atoms with Gasteiger partial charge >= 0.3 is 0 Å². The topological polar surface area (TPSA) is 77.7 Å². The molecule has 0 radical (unpaired) electrons. The van der Waals surface area contributed by atoms with Crippen molar-refractivity contribution in [2.24, 2.45) is 0 Å². The lowest BCUT2D eigenvalue weighted by molar-refractivity contribution is 0.0946. The van der Waals surface area contributed by atoms with Crippen molar-refractivity contribution < 1.29 is 9.59 Å². The maximum absolute atomic E-state index is 13.6. The van der Waals surface area contributed by atoms with Crippen LogP contribution in [0, 0.1) is 0 Å². The number of hydrogen-bond acceptors (Lipinski definition) is 5. The molecule has 0 atom stereocenters. The highest BCUT2D eigenvalue weighted by Gasteiger charge is 2.21. The molecule has 0 aliphatic carbocycles. The summed E-state index contributed by atoms with van der Waals surface area (Å²) >= 11 is 5.97. The van der Waals surface area contributed by atoms with Gasteiger partial charge < -0.3 is 0 Å². The lowest BCUT2D eigenvalue weighted by atomic mass is 10.0. The van der Waals surface area contributed by atoms with E-state index in [0.717, 1.165) is 10.9 Å². The van der Waals surface area contributed by atoms with Crippen molar-refractivity contribution >= 4 is 34.8 Å². The summed E-state index contributed by atoms with van der Waals surface area (Å²) < 4.78 is 1.18. The number of nitrogens with zero attached hydrogens (tertiary/aromatic N) is 4. The summed E-state index contributed by atoms with van der Waals surface area (Å²) in [6.45, 7) is 0. The molecule has 3 aromatic heterocycles. The first kappa shape index (κ1) is 19.8. The second-order valence-corrected chi connectivity index (χ2v) is 7.54. The highest BCUT2D eigenvalue weighted by Crippen LogP contribution is 2.27. The number of aldehydes is 1. The van der Waals surface area contributed by atoms with E-state index in [1.54, 1.807) is 42.6 Å². The molecule has 0 aliphatic heterocycles. The number of benzene rings is 2. The molecule has 0 saturated heterocycles. The van der Waals surface area contributed by atoms with Crippen LogP contribution in [-0.4, -0.2) is 31.9 Å². The smallest absolute Gasteiger partial charge is 0.280 e. The Balaban J connectivity index is 1.67. The van der Waals surface area contributed by atoms with E-state index in [-0.39, 0.29) is 0 Å². The van der Waals surface area contributed by atoms with Crippen LogP contribution in [-0.2, 0) is 0 Å². The van der Waals surface area contributed by atoms with Crippen LogP contribution in [0.25, 0.3) is 33.5 Å². The number of rotatable bonds is 4. The molecular weight excluding hydrogens is 424 g/mol. The van der Waals surface area contributed by atoms with Gasteiger partial charge in [-0.3, -0.25) is 9.59 Å². The molecule has 0 unspecified atom stereocenters. The standard InChI is InChI=1S/C25H15ClN4O2/c26-20-10-8-17(9-11-20)22-19(15-31)14-30(29-22)25(32)21-13-18-7-4-12-27-24(18)28-23(21)16-5-2-1-3-6-16/h1-15H. The molecule has 2 aromatic carbocycles. The van der Waals surface area contributed by atoms with Gasteiger partial charge in [-0.25, -0.2) is 14.6 Å². The summed E-state index contributed by atoms with van der Waals surface area (Å²) in [4.78, 5) is 34.2. The zero-order valence-electron chi connectivity index (χ0n) is 16.6. The highest BCUT2D eigenvalue weighted by molar-refractivity contribution is 6.30. The predicted molar refractivity (Wildman–Crippen MR) is 123 cm³/mol. The molecule has 0 aliphatic rings.